The zero-order chi connectivity index (χ0) is 26.6. The number of thiazole rings is 1. The molecule has 38 heavy (non-hydrogen) atoms. The number of halogens is 1. The van der Waals surface area contributed by atoms with Crippen LogP contribution in [-0.4, -0.2) is 31.4 Å². The zero-order valence-corrected chi connectivity index (χ0v) is 24.0. The van der Waals surface area contributed by atoms with Crippen LogP contribution < -0.4 is 5.32 Å². The first kappa shape index (κ1) is 26.4. The monoisotopic (exact) mass is 577 g/mol. The molecule has 3 heterocycles. The van der Waals surface area contributed by atoms with Crippen LogP contribution in [0.15, 0.2) is 77.1 Å². The predicted octanol–water partition coefficient (Wildman–Crippen LogP) is 7.98. The molecule has 0 aliphatic rings. The minimum atomic E-state index is -0.159. The first-order valence-electron chi connectivity index (χ1n) is 11.8. The normalized spacial score (nSPS) is 11.0. The number of thiophene rings is 1. The Labute approximate surface area is 238 Å². The number of rotatable bonds is 9. The summed E-state index contributed by atoms with van der Waals surface area (Å²) in [4.78, 5) is 18.5. The summed E-state index contributed by atoms with van der Waals surface area (Å²) in [6, 6.07) is 16.0. The van der Waals surface area contributed by atoms with Crippen LogP contribution in [-0.2, 0) is 11.3 Å². The van der Waals surface area contributed by atoms with Crippen molar-refractivity contribution in [2.45, 2.75) is 25.5 Å². The number of benzene rings is 2. The van der Waals surface area contributed by atoms with Gasteiger partial charge in [0.2, 0.25) is 5.91 Å². The zero-order valence-electron chi connectivity index (χ0n) is 20.8. The maximum Gasteiger partial charge on any atom is 0.236 e. The number of amides is 1. The van der Waals surface area contributed by atoms with Gasteiger partial charge in [0.25, 0.3) is 0 Å². The maximum atomic E-state index is 12.7. The highest BCUT2D eigenvalue weighted by molar-refractivity contribution is 7.99. The minimum Gasteiger partial charge on any atom is -0.301 e. The molecule has 0 aliphatic heterocycles. The number of nitrogens with zero attached hydrogens (tertiary/aromatic N) is 4. The average molecular weight is 578 g/mol. The summed E-state index contributed by atoms with van der Waals surface area (Å²) < 4.78 is 2.01. The Morgan fingerprint density at radius 3 is 2.53 bits per heavy atom. The molecule has 0 spiro atoms. The van der Waals surface area contributed by atoms with Gasteiger partial charge in [-0.2, -0.15) is 0 Å². The molecule has 0 saturated heterocycles. The number of nitrogens with one attached hydrogen (secondary N) is 1. The predicted molar refractivity (Wildman–Crippen MR) is 160 cm³/mol. The van der Waals surface area contributed by atoms with E-state index in [0.29, 0.717) is 21.9 Å². The number of carbonyl (C=O) groups excluding carboxylic acids is 1. The highest BCUT2D eigenvalue weighted by Crippen LogP contribution is 2.39. The molecule has 10 heteroatoms. The smallest absolute Gasteiger partial charge is 0.236 e. The van der Waals surface area contributed by atoms with Crippen molar-refractivity contribution in [3.8, 4) is 33.8 Å². The molecule has 1 N–H and O–H groups in total. The van der Waals surface area contributed by atoms with Gasteiger partial charge in [-0.15, -0.1) is 39.4 Å². The van der Waals surface area contributed by atoms with Crippen molar-refractivity contribution < 1.29 is 4.79 Å². The van der Waals surface area contributed by atoms with E-state index in [-0.39, 0.29) is 11.7 Å². The Balaban J connectivity index is 1.31. The minimum absolute atomic E-state index is 0.159. The standard InChI is InChI=1S/C28H24ClN5OS3/c1-4-13-34-26(22-14-36-18(3)25(22)20-7-5-17(2)6-8-20)32-33-28(34)38-16-24(35)31-27-30-23(15-37-27)19-9-11-21(29)12-10-19/h4-12,14-15H,1,13,16H2,2-3H3,(H,30,31,35). The van der Waals surface area contributed by atoms with Crippen molar-refractivity contribution in [2.24, 2.45) is 0 Å². The van der Waals surface area contributed by atoms with E-state index < -0.39 is 0 Å². The van der Waals surface area contributed by atoms with Crippen molar-refractivity contribution in [2.75, 3.05) is 11.1 Å². The van der Waals surface area contributed by atoms with Gasteiger partial charge in [-0.3, -0.25) is 9.36 Å². The van der Waals surface area contributed by atoms with Crippen LogP contribution in [0.2, 0.25) is 5.02 Å². The Morgan fingerprint density at radius 1 is 1.05 bits per heavy atom. The lowest BCUT2D eigenvalue weighted by atomic mass is 10.0. The molecule has 5 aromatic rings. The van der Waals surface area contributed by atoms with Gasteiger partial charge in [-0.1, -0.05) is 71.4 Å². The van der Waals surface area contributed by atoms with E-state index in [4.69, 9.17) is 11.6 Å². The summed E-state index contributed by atoms with van der Waals surface area (Å²) in [6.45, 7) is 8.65. The van der Waals surface area contributed by atoms with Gasteiger partial charge < -0.3 is 5.32 Å². The lowest BCUT2D eigenvalue weighted by Crippen LogP contribution is -2.14. The maximum absolute atomic E-state index is 12.7. The van der Waals surface area contributed by atoms with Crippen LogP contribution in [0.5, 0.6) is 0 Å². The van der Waals surface area contributed by atoms with Crippen LogP contribution in [0, 0.1) is 13.8 Å². The third-order valence-corrected chi connectivity index (χ3v) is 8.70. The molecule has 0 bridgehead atoms. The molecule has 0 atom stereocenters. The second-order valence-electron chi connectivity index (χ2n) is 8.53. The molecule has 0 saturated carbocycles. The van der Waals surface area contributed by atoms with Crippen LogP contribution in [0.4, 0.5) is 5.13 Å². The van der Waals surface area contributed by atoms with E-state index in [0.717, 1.165) is 33.8 Å². The molecule has 3 aromatic heterocycles. The fourth-order valence-corrected chi connectivity index (χ4v) is 6.43. The van der Waals surface area contributed by atoms with Gasteiger partial charge in [-0.05, 0) is 31.5 Å². The van der Waals surface area contributed by atoms with Gasteiger partial charge in [0, 0.05) is 43.9 Å². The van der Waals surface area contributed by atoms with Crippen molar-refractivity contribution in [1.82, 2.24) is 19.7 Å². The van der Waals surface area contributed by atoms with Crippen LogP contribution >= 0.6 is 46.0 Å². The molecule has 6 nitrogen and oxygen atoms in total. The number of thioether (sulfide) groups is 1. The van der Waals surface area contributed by atoms with E-state index >= 15 is 0 Å². The van der Waals surface area contributed by atoms with Crippen molar-refractivity contribution >= 4 is 57.1 Å². The largest absolute Gasteiger partial charge is 0.301 e. The highest BCUT2D eigenvalue weighted by Gasteiger charge is 2.21. The molecular formula is C28H24ClN5OS3. The Hall–Kier alpha value is -3.24. The molecule has 2 aromatic carbocycles. The second-order valence-corrected chi connectivity index (χ2v) is 11.9. The number of allylic oxidation sites excluding steroid dienone is 1. The van der Waals surface area contributed by atoms with E-state index in [2.05, 4.69) is 70.6 Å². The quantitative estimate of drug-likeness (QED) is 0.142. The molecule has 0 aliphatic carbocycles. The molecule has 192 valence electrons. The summed E-state index contributed by atoms with van der Waals surface area (Å²) in [7, 11) is 0. The molecular weight excluding hydrogens is 554 g/mol. The number of aromatic nitrogens is 4. The third kappa shape index (κ3) is 5.76. The van der Waals surface area contributed by atoms with Crippen molar-refractivity contribution in [3.63, 3.8) is 0 Å². The second kappa shape index (κ2) is 11.7. The number of aryl methyl sites for hydroxylation is 2. The fraction of sp³-hybridized carbons (Fsp3) is 0.143. The third-order valence-electron chi connectivity index (χ3n) is 5.81. The fourth-order valence-electron chi connectivity index (χ4n) is 3.96. The van der Waals surface area contributed by atoms with Crippen molar-refractivity contribution in [3.05, 3.63) is 87.4 Å². The Kier molecular flexibility index (Phi) is 8.09. The van der Waals surface area contributed by atoms with E-state index in [9.17, 15) is 4.79 Å². The molecule has 0 fully saturated rings. The average Bonchev–Trinajstić information content (AvgIpc) is 3.63. The van der Waals surface area contributed by atoms with Gasteiger partial charge in [-0.25, -0.2) is 4.98 Å². The number of carbonyl (C=O) groups is 1. The van der Waals surface area contributed by atoms with E-state index in [1.807, 2.05) is 40.3 Å². The lowest BCUT2D eigenvalue weighted by Gasteiger charge is -2.10. The van der Waals surface area contributed by atoms with Crippen LogP contribution in [0.3, 0.4) is 0 Å². The first-order valence-corrected chi connectivity index (χ1v) is 14.9. The molecule has 0 unspecified atom stereocenters. The summed E-state index contributed by atoms with van der Waals surface area (Å²) in [6.07, 6.45) is 1.82. The van der Waals surface area contributed by atoms with E-state index in [1.165, 1.54) is 33.5 Å². The molecule has 1 amide bonds. The van der Waals surface area contributed by atoms with Crippen LogP contribution in [0.25, 0.3) is 33.8 Å². The van der Waals surface area contributed by atoms with Crippen LogP contribution in [0.1, 0.15) is 10.4 Å². The van der Waals surface area contributed by atoms with E-state index in [1.54, 1.807) is 11.3 Å². The summed E-state index contributed by atoms with van der Waals surface area (Å²) in [5.74, 6) is 0.784. The number of hydrogen-bond donors (Lipinski definition) is 1. The van der Waals surface area contributed by atoms with Crippen molar-refractivity contribution in [1.29, 1.82) is 0 Å². The number of anilines is 1. The molecule has 0 radical (unpaired) electrons. The van der Waals surface area contributed by atoms with Gasteiger partial charge in [0.05, 0.1) is 11.4 Å². The Bertz CT molecular complexity index is 1590. The number of hydrogen-bond acceptors (Lipinski definition) is 7. The lowest BCUT2D eigenvalue weighted by molar-refractivity contribution is -0.113. The van der Waals surface area contributed by atoms with Gasteiger partial charge in [0.15, 0.2) is 16.1 Å². The summed E-state index contributed by atoms with van der Waals surface area (Å²) >= 11 is 10.4. The Morgan fingerprint density at radius 2 is 1.79 bits per heavy atom. The summed E-state index contributed by atoms with van der Waals surface area (Å²) in [5, 5.41) is 17.8. The van der Waals surface area contributed by atoms with Gasteiger partial charge in [0.1, 0.15) is 0 Å². The molecule has 5 rings (SSSR count). The summed E-state index contributed by atoms with van der Waals surface area (Å²) in [5.41, 5.74) is 6.28. The topological polar surface area (TPSA) is 72.7 Å². The first-order chi connectivity index (χ1) is 18.4. The highest BCUT2D eigenvalue weighted by atomic mass is 35.5. The SMILES string of the molecule is C=CCn1c(SCC(=O)Nc2nc(-c3ccc(Cl)cc3)cs2)nnc1-c1csc(C)c1-c1ccc(C)cc1. The van der Waals surface area contributed by atoms with Gasteiger partial charge >= 0.3 is 0 Å².